The fourth-order valence-electron chi connectivity index (χ4n) is 2.93. The molecule has 0 aliphatic carbocycles. The van der Waals surface area contributed by atoms with E-state index in [-0.39, 0.29) is 43.1 Å². The van der Waals surface area contributed by atoms with Crippen LogP contribution in [0, 0.1) is 12.7 Å². The molecule has 2 rings (SSSR count). The van der Waals surface area contributed by atoms with E-state index in [1.54, 1.807) is 20.8 Å². The lowest BCUT2D eigenvalue weighted by Crippen LogP contribution is -2.38. The number of aromatic nitrogens is 1. The first kappa shape index (κ1) is 21.3. The van der Waals surface area contributed by atoms with Crippen molar-refractivity contribution in [2.75, 3.05) is 26.3 Å². The number of amides is 1. The highest BCUT2D eigenvalue weighted by Gasteiger charge is 2.31. The van der Waals surface area contributed by atoms with Crippen LogP contribution in [0.2, 0.25) is 0 Å². The Kier molecular flexibility index (Phi) is 7.06. The largest absolute Gasteiger partial charge is 0.462 e. The van der Waals surface area contributed by atoms with Crippen LogP contribution in [0.1, 0.15) is 40.4 Å². The molecular weight excluding hydrogens is 367 g/mol. The van der Waals surface area contributed by atoms with Crippen molar-refractivity contribution in [3.05, 3.63) is 47.0 Å². The number of nitrogens with zero attached hydrogens (tertiary/aromatic N) is 1. The Morgan fingerprint density at radius 2 is 1.82 bits per heavy atom. The molecule has 2 N–H and O–H groups in total. The maximum atomic E-state index is 13.4. The number of likely N-dealkylation sites (N-methyl/N-ethyl adjacent to an activating group) is 1. The summed E-state index contributed by atoms with van der Waals surface area (Å²) < 4.78 is 18.4. The number of H-pyrrole nitrogens is 1. The van der Waals surface area contributed by atoms with E-state index in [1.807, 2.05) is 0 Å². The SMILES string of the molecule is CCOC(=O)c1c(C)[nH]c(C(=O)C(=O)N(CC)CCO)c1-c1ccc(F)cc1. The van der Waals surface area contributed by atoms with E-state index in [0.717, 1.165) is 0 Å². The van der Waals surface area contributed by atoms with E-state index in [9.17, 15) is 18.8 Å². The summed E-state index contributed by atoms with van der Waals surface area (Å²) in [5.74, 6) is -2.78. The van der Waals surface area contributed by atoms with Crippen LogP contribution < -0.4 is 0 Å². The zero-order chi connectivity index (χ0) is 20.8. The number of rotatable bonds is 8. The summed E-state index contributed by atoms with van der Waals surface area (Å²) in [7, 11) is 0. The molecule has 0 fully saturated rings. The van der Waals surface area contributed by atoms with E-state index >= 15 is 0 Å². The predicted molar refractivity (Wildman–Crippen MR) is 101 cm³/mol. The lowest BCUT2D eigenvalue weighted by molar-refractivity contribution is -0.126. The van der Waals surface area contributed by atoms with Crippen LogP contribution in [0.4, 0.5) is 4.39 Å². The normalized spacial score (nSPS) is 10.6. The number of aromatic amines is 1. The fourth-order valence-corrected chi connectivity index (χ4v) is 2.93. The first-order valence-electron chi connectivity index (χ1n) is 8.95. The highest BCUT2D eigenvalue weighted by atomic mass is 19.1. The number of ether oxygens (including phenoxy) is 1. The molecule has 28 heavy (non-hydrogen) atoms. The number of halogens is 1. The van der Waals surface area contributed by atoms with Crippen molar-refractivity contribution in [1.29, 1.82) is 0 Å². The quantitative estimate of drug-likeness (QED) is 0.409. The van der Waals surface area contributed by atoms with E-state index < -0.39 is 23.5 Å². The molecule has 0 saturated carbocycles. The number of nitrogens with one attached hydrogen (secondary N) is 1. The minimum absolute atomic E-state index is 0.0113. The molecule has 0 saturated heterocycles. The molecule has 0 atom stereocenters. The van der Waals surface area contributed by atoms with Crippen LogP contribution in [0.25, 0.3) is 11.1 Å². The average molecular weight is 390 g/mol. The van der Waals surface area contributed by atoms with Crippen molar-refractivity contribution < 1.29 is 28.6 Å². The topological polar surface area (TPSA) is 99.7 Å². The molecule has 0 bridgehead atoms. The standard InChI is InChI=1S/C20H23FN2O5/c1-4-23(10-11-24)19(26)18(25)17-16(13-6-8-14(21)9-7-13)15(12(3)22-17)20(27)28-5-2/h6-9,22,24H,4-5,10-11H2,1-3H3. The first-order chi connectivity index (χ1) is 13.3. The molecule has 2 aromatic rings. The summed E-state index contributed by atoms with van der Waals surface area (Å²) >= 11 is 0. The van der Waals surface area contributed by atoms with Gasteiger partial charge in [-0.1, -0.05) is 12.1 Å². The molecule has 7 nitrogen and oxygen atoms in total. The number of hydrogen-bond acceptors (Lipinski definition) is 5. The molecular formula is C20H23FN2O5. The van der Waals surface area contributed by atoms with Crippen molar-refractivity contribution in [2.24, 2.45) is 0 Å². The molecule has 0 unspecified atom stereocenters. The van der Waals surface area contributed by atoms with Crippen LogP contribution in [-0.2, 0) is 9.53 Å². The Hall–Kier alpha value is -3.00. The van der Waals surface area contributed by atoms with Gasteiger partial charge in [-0.15, -0.1) is 0 Å². The molecule has 1 aromatic carbocycles. The number of aliphatic hydroxyl groups is 1. The molecule has 8 heteroatoms. The zero-order valence-electron chi connectivity index (χ0n) is 16.0. The van der Waals surface area contributed by atoms with Crippen LogP contribution in [0.3, 0.4) is 0 Å². The van der Waals surface area contributed by atoms with Gasteiger partial charge >= 0.3 is 5.97 Å². The summed E-state index contributed by atoms with van der Waals surface area (Å²) in [6, 6.07) is 5.25. The Morgan fingerprint density at radius 3 is 2.36 bits per heavy atom. The van der Waals surface area contributed by atoms with Crippen molar-refractivity contribution in [1.82, 2.24) is 9.88 Å². The predicted octanol–water partition coefficient (Wildman–Crippen LogP) is 2.33. The molecule has 1 aromatic heterocycles. The third-order valence-corrected chi connectivity index (χ3v) is 4.26. The molecule has 150 valence electrons. The molecule has 0 spiro atoms. The van der Waals surface area contributed by atoms with Crippen molar-refractivity contribution in [3.8, 4) is 11.1 Å². The lowest BCUT2D eigenvalue weighted by atomic mass is 9.98. The smallest absolute Gasteiger partial charge is 0.340 e. The number of carbonyl (C=O) groups excluding carboxylic acids is 3. The van der Waals surface area contributed by atoms with Gasteiger partial charge in [0.05, 0.1) is 18.8 Å². The van der Waals surface area contributed by atoms with Crippen molar-refractivity contribution in [3.63, 3.8) is 0 Å². The fraction of sp³-hybridized carbons (Fsp3) is 0.350. The number of benzene rings is 1. The number of esters is 1. The van der Waals surface area contributed by atoms with E-state index in [4.69, 9.17) is 9.84 Å². The van der Waals surface area contributed by atoms with Crippen LogP contribution in [-0.4, -0.2) is 59.0 Å². The van der Waals surface area contributed by atoms with Gasteiger partial charge < -0.3 is 19.7 Å². The summed E-state index contributed by atoms with van der Waals surface area (Å²) in [5.41, 5.74) is 0.993. The summed E-state index contributed by atoms with van der Waals surface area (Å²) in [4.78, 5) is 42.0. The molecule has 0 aliphatic rings. The lowest BCUT2D eigenvalue weighted by Gasteiger charge is -2.18. The van der Waals surface area contributed by atoms with Crippen molar-refractivity contribution >= 4 is 17.7 Å². The van der Waals surface area contributed by atoms with E-state index in [0.29, 0.717) is 11.3 Å². The molecule has 0 radical (unpaired) electrons. The highest BCUT2D eigenvalue weighted by molar-refractivity contribution is 6.43. The summed E-state index contributed by atoms with van der Waals surface area (Å²) in [5, 5.41) is 9.10. The second-order valence-electron chi connectivity index (χ2n) is 6.04. The summed E-state index contributed by atoms with van der Waals surface area (Å²) in [6.07, 6.45) is 0. The number of Topliss-reactive ketones (excluding diaryl/α,β-unsaturated/α-hetero) is 1. The number of aryl methyl sites for hydroxylation is 1. The monoisotopic (exact) mass is 390 g/mol. The van der Waals surface area contributed by atoms with Gasteiger partial charge in [0.15, 0.2) is 0 Å². The van der Waals surface area contributed by atoms with Gasteiger partial charge in [0.25, 0.3) is 11.7 Å². The average Bonchev–Trinajstić information content (AvgIpc) is 3.03. The maximum Gasteiger partial charge on any atom is 0.340 e. The van der Waals surface area contributed by atoms with Gasteiger partial charge in [-0.05, 0) is 38.5 Å². The van der Waals surface area contributed by atoms with Gasteiger partial charge in [0.2, 0.25) is 0 Å². The van der Waals surface area contributed by atoms with E-state index in [1.165, 1.54) is 29.2 Å². The first-order valence-corrected chi connectivity index (χ1v) is 8.95. The van der Waals surface area contributed by atoms with Gasteiger partial charge in [-0.3, -0.25) is 9.59 Å². The summed E-state index contributed by atoms with van der Waals surface area (Å²) in [6.45, 7) is 5.03. The third kappa shape index (κ3) is 4.28. The minimum Gasteiger partial charge on any atom is -0.462 e. The highest BCUT2D eigenvalue weighted by Crippen LogP contribution is 2.32. The third-order valence-electron chi connectivity index (χ3n) is 4.26. The number of hydrogen-bond donors (Lipinski definition) is 2. The zero-order valence-corrected chi connectivity index (χ0v) is 16.0. The van der Waals surface area contributed by atoms with Crippen LogP contribution in [0.5, 0.6) is 0 Å². The van der Waals surface area contributed by atoms with Gasteiger partial charge in [-0.25, -0.2) is 9.18 Å². The second-order valence-corrected chi connectivity index (χ2v) is 6.04. The van der Waals surface area contributed by atoms with Gasteiger partial charge in [0, 0.05) is 24.3 Å². The van der Waals surface area contributed by atoms with Crippen LogP contribution >= 0.6 is 0 Å². The minimum atomic E-state index is -0.853. The molecule has 1 heterocycles. The molecule has 0 aliphatic heterocycles. The van der Waals surface area contributed by atoms with Crippen LogP contribution in [0.15, 0.2) is 24.3 Å². The number of carbonyl (C=O) groups is 3. The van der Waals surface area contributed by atoms with E-state index in [2.05, 4.69) is 4.98 Å². The Bertz CT molecular complexity index is 873. The Labute approximate surface area is 162 Å². The Balaban J connectivity index is 2.62. The van der Waals surface area contributed by atoms with Gasteiger partial charge in [0.1, 0.15) is 11.5 Å². The molecule has 1 amide bonds. The van der Waals surface area contributed by atoms with Crippen molar-refractivity contribution in [2.45, 2.75) is 20.8 Å². The van der Waals surface area contributed by atoms with Gasteiger partial charge in [-0.2, -0.15) is 0 Å². The second kappa shape index (κ2) is 9.27. The number of ketones is 1. The Morgan fingerprint density at radius 1 is 1.18 bits per heavy atom. The maximum absolute atomic E-state index is 13.4. The number of aliphatic hydroxyl groups excluding tert-OH is 1.